The highest BCUT2D eigenvalue weighted by Gasteiger charge is 2.21. The third kappa shape index (κ3) is 3.44. The van der Waals surface area contributed by atoms with Crippen LogP contribution in [0, 0.1) is 5.92 Å². The summed E-state index contributed by atoms with van der Waals surface area (Å²) < 4.78 is 0. The van der Waals surface area contributed by atoms with Gasteiger partial charge in [-0.1, -0.05) is 5.16 Å². The van der Waals surface area contributed by atoms with Crippen molar-refractivity contribution in [1.29, 1.82) is 0 Å². The first-order valence-corrected chi connectivity index (χ1v) is 7.64. The molecule has 4 heteroatoms. The molecule has 0 amide bonds. The van der Waals surface area contributed by atoms with Crippen LogP contribution in [0.4, 0.5) is 5.69 Å². The number of oxime groups is 1. The van der Waals surface area contributed by atoms with Crippen LogP contribution in [0.25, 0.3) is 0 Å². The summed E-state index contributed by atoms with van der Waals surface area (Å²) in [6, 6.07) is 8.32. The molecule has 1 aliphatic heterocycles. The second kappa shape index (κ2) is 6.16. The SMILES string of the molecule is N/C(=N/OCC1CC1)c1ccc(N2CCCCC2)cc1. The van der Waals surface area contributed by atoms with Crippen molar-refractivity contribution in [2.75, 3.05) is 24.6 Å². The third-order valence-electron chi connectivity index (χ3n) is 4.05. The zero-order valence-electron chi connectivity index (χ0n) is 11.9. The molecule has 108 valence electrons. The lowest BCUT2D eigenvalue weighted by Gasteiger charge is -2.28. The average Bonchev–Trinajstić information content (AvgIpc) is 3.32. The van der Waals surface area contributed by atoms with Crippen LogP contribution in [0.15, 0.2) is 29.4 Å². The Hall–Kier alpha value is -1.71. The minimum Gasteiger partial charge on any atom is -0.394 e. The van der Waals surface area contributed by atoms with Gasteiger partial charge in [0, 0.05) is 24.3 Å². The molecule has 0 atom stereocenters. The Kier molecular flexibility index (Phi) is 4.09. The Morgan fingerprint density at radius 1 is 1.15 bits per heavy atom. The van der Waals surface area contributed by atoms with E-state index in [9.17, 15) is 0 Å². The molecule has 0 unspecified atom stereocenters. The summed E-state index contributed by atoms with van der Waals surface area (Å²) in [6.07, 6.45) is 6.47. The van der Waals surface area contributed by atoms with Gasteiger partial charge in [0.15, 0.2) is 5.84 Å². The molecule has 2 aliphatic rings. The monoisotopic (exact) mass is 273 g/mol. The Morgan fingerprint density at radius 3 is 2.50 bits per heavy atom. The third-order valence-corrected chi connectivity index (χ3v) is 4.05. The molecule has 4 nitrogen and oxygen atoms in total. The van der Waals surface area contributed by atoms with Crippen LogP contribution in [0.1, 0.15) is 37.7 Å². The van der Waals surface area contributed by atoms with Gasteiger partial charge in [0.2, 0.25) is 0 Å². The van der Waals surface area contributed by atoms with Crippen LogP contribution in [-0.4, -0.2) is 25.5 Å². The van der Waals surface area contributed by atoms with Gasteiger partial charge in [0.1, 0.15) is 6.61 Å². The highest BCUT2D eigenvalue weighted by Crippen LogP contribution is 2.28. The second-order valence-electron chi connectivity index (χ2n) is 5.81. The van der Waals surface area contributed by atoms with Crippen LogP contribution in [0.2, 0.25) is 0 Å². The van der Waals surface area contributed by atoms with Crippen molar-refractivity contribution in [3.8, 4) is 0 Å². The van der Waals surface area contributed by atoms with E-state index in [1.165, 1.54) is 37.8 Å². The van der Waals surface area contributed by atoms with Crippen molar-refractivity contribution in [1.82, 2.24) is 0 Å². The Labute approximate surface area is 120 Å². The van der Waals surface area contributed by atoms with Crippen LogP contribution < -0.4 is 10.6 Å². The smallest absolute Gasteiger partial charge is 0.170 e. The van der Waals surface area contributed by atoms with Crippen molar-refractivity contribution in [2.24, 2.45) is 16.8 Å². The second-order valence-corrected chi connectivity index (χ2v) is 5.81. The summed E-state index contributed by atoms with van der Waals surface area (Å²) in [7, 11) is 0. The number of amidine groups is 1. The first kappa shape index (κ1) is 13.3. The molecule has 0 bridgehead atoms. The van der Waals surface area contributed by atoms with Gasteiger partial charge in [0.05, 0.1) is 0 Å². The zero-order valence-corrected chi connectivity index (χ0v) is 11.9. The van der Waals surface area contributed by atoms with Crippen molar-refractivity contribution >= 4 is 11.5 Å². The molecule has 1 heterocycles. The molecule has 20 heavy (non-hydrogen) atoms. The van der Waals surface area contributed by atoms with Gasteiger partial charge in [-0.3, -0.25) is 0 Å². The maximum Gasteiger partial charge on any atom is 0.170 e. The quantitative estimate of drug-likeness (QED) is 0.510. The van der Waals surface area contributed by atoms with E-state index in [0.29, 0.717) is 18.4 Å². The molecule has 1 aromatic rings. The largest absolute Gasteiger partial charge is 0.394 e. The molecule has 1 saturated heterocycles. The number of nitrogens with zero attached hydrogens (tertiary/aromatic N) is 2. The number of benzene rings is 1. The topological polar surface area (TPSA) is 50.9 Å². The first-order chi connectivity index (χ1) is 9.83. The number of piperidine rings is 1. The van der Waals surface area contributed by atoms with Crippen LogP contribution in [0.5, 0.6) is 0 Å². The molecule has 1 saturated carbocycles. The van der Waals surface area contributed by atoms with Crippen LogP contribution in [-0.2, 0) is 4.84 Å². The molecule has 0 radical (unpaired) electrons. The predicted octanol–water partition coefficient (Wildman–Crippen LogP) is 2.72. The number of rotatable bonds is 5. The average molecular weight is 273 g/mol. The molecule has 3 rings (SSSR count). The summed E-state index contributed by atoms with van der Waals surface area (Å²) >= 11 is 0. The first-order valence-electron chi connectivity index (χ1n) is 7.64. The van der Waals surface area contributed by atoms with Crippen molar-refractivity contribution in [3.63, 3.8) is 0 Å². The van der Waals surface area contributed by atoms with Crippen LogP contribution in [0.3, 0.4) is 0 Å². The van der Waals surface area contributed by atoms with E-state index in [4.69, 9.17) is 10.6 Å². The minimum atomic E-state index is 0.468. The van der Waals surface area contributed by atoms with E-state index < -0.39 is 0 Å². The van der Waals surface area contributed by atoms with Crippen LogP contribution >= 0.6 is 0 Å². The van der Waals surface area contributed by atoms with Gasteiger partial charge in [-0.25, -0.2) is 0 Å². The summed E-state index contributed by atoms with van der Waals surface area (Å²) in [5.41, 5.74) is 8.15. The number of hydrogen-bond donors (Lipinski definition) is 1. The number of nitrogens with two attached hydrogens (primary N) is 1. The van der Waals surface area contributed by atoms with Crippen molar-refractivity contribution in [2.45, 2.75) is 32.1 Å². The lowest BCUT2D eigenvalue weighted by atomic mass is 10.1. The van der Waals surface area contributed by atoms with E-state index in [0.717, 1.165) is 18.7 Å². The van der Waals surface area contributed by atoms with Crippen molar-refractivity contribution in [3.05, 3.63) is 29.8 Å². The Balaban J connectivity index is 1.59. The molecule has 0 spiro atoms. The lowest BCUT2D eigenvalue weighted by molar-refractivity contribution is 0.133. The summed E-state index contributed by atoms with van der Waals surface area (Å²) in [5, 5.41) is 4.00. The normalized spacial score (nSPS) is 20.0. The minimum absolute atomic E-state index is 0.468. The standard InChI is InChI=1S/C16H23N3O/c17-16(18-20-12-13-4-5-13)14-6-8-15(9-7-14)19-10-2-1-3-11-19/h6-9,13H,1-5,10-12H2,(H2,17,18). The molecule has 2 N–H and O–H groups in total. The van der Waals surface area contributed by atoms with Gasteiger partial charge in [-0.05, 0) is 62.3 Å². The maximum atomic E-state index is 5.94. The van der Waals surface area contributed by atoms with E-state index in [-0.39, 0.29) is 0 Å². The van der Waals surface area contributed by atoms with Gasteiger partial charge in [0.25, 0.3) is 0 Å². The van der Waals surface area contributed by atoms with Crippen molar-refractivity contribution < 1.29 is 4.84 Å². The lowest BCUT2D eigenvalue weighted by Crippen LogP contribution is -2.29. The fourth-order valence-corrected chi connectivity index (χ4v) is 2.54. The zero-order chi connectivity index (χ0) is 13.8. The fraction of sp³-hybridized carbons (Fsp3) is 0.562. The van der Waals surface area contributed by atoms with Gasteiger partial charge < -0.3 is 15.5 Å². The fourth-order valence-electron chi connectivity index (χ4n) is 2.54. The van der Waals surface area contributed by atoms with E-state index in [2.05, 4.69) is 22.2 Å². The molecule has 1 aliphatic carbocycles. The summed E-state index contributed by atoms with van der Waals surface area (Å²) in [4.78, 5) is 7.71. The summed E-state index contributed by atoms with van der Waals surface area (Å²) in [6.45, 7) is 3.02. The highest BCUT2D eigenvalue weighted by atomic mass is 16.6. The predicted molar refractivity (Wildman–Crippen MR) is 81.9 cm³/mol. The molecular formula is C16H23N3O. The molecule has 0 aromatic heterocycles. The van der Waals surface area contributed by atoms with Gasteiger partial charge in [-0.15, -0.1) is 0 Å². The Morgan fingerprint density at radius 2 is 1.85 bits per heavy atom. The molecular weight excluding hydrogens is 250 g/mol. The maximum absolute atomic E-state index is 5.94. The number of anilines is 1. The summed E-state index contributed by atoms with van der Waals surface area (Å²) in [5.74, 6) is 1.17. The highest BCUT2D eigenvalue weighted by molar-refractivity contribution is 5.97. The van der Waals surface area contributed by atoms with Gasteiger partial charge in [-0.2, -0.15) is 0 Å². The molecule has 1 aromatic carbocycles. The van der Waals surface area contributed by atoms with E-state index >= 15 is 0 Å². The molecule has 2 fully saturated rings. The van der Waals surface area contributed by atoms with E-state index in [1.54, 1.807) is 0 Å². The van der Waals surface area contributed by atoms with Gasteiger partial charge >= 0.3 is 0 Å². The number of hydrogen-bond acceptors (Lipinski definition) is 3. The Bertz CT molecular complexity index is 459. The van der Waals surface area contributed by atoms with E-state index in [1.807, 2.05) is 12.1 Å².